The van der Waals surface area contributed by atoms with Crippen LogP contribution in [-0.2, 0) is 14.8 Å². The fraction of sp³-hybridized carbons (Fsp3) is 0.107. The van der Waals surface area contributed by atoms with E-state index in [1.165, 1.54) is 25.4 Å². The summed E-state index contributed by atoms with van der Waals surface area (Å²) in [6.45, 7) is 0. The molecule has 0 saturated heterocycles. The highest BCUT2D eigenvalue weighted by atomic mass is 32.2. The van der Waals surface area contributed by atoms with Gasteiger partial charge in [0.2, 0.25) is 10.0 Å². The molecule has 0 aliphatic rings. The molecule has 1 atom stereocenters. The molecule has 0 spiro atoms. The molecule has 2 amide bonds. The molecule has 4 N–H and O–H groups in total. The fourth-order valence-electron chi connectivity index (χ4n) is 3.91. The molecule has 200 valence electrons. The van der Waals surface area contributed by atoms with Crippen LogP contribution in [0.4, 0.5) is 16.2 Å². The number of nitrogens with zero attached hydrogens (tertiary/aromatic N) is 1. The van der Waals surface area contributed by atoms with Crippen LogP contribution in [0.1, 0.15) is 18.0 Å². The molecule has 3 aromatic carbocycles. The first-order valence-corrected chi connectivity index (χ1v) is 13.3. The molecule has 0 fully saturated rings. The number of anilines is 2. The number of nitrogens with one attached hydrogen (secondary N) is 3. The highest BCUT2D eigenvalue weighted by molar-refractivity contribution is 7.89. The maximum atomic E-state index is 13.5. The number of ether oxygens (including phenoxy) is 1. The summed E-state index contributed by atoms with van der Waals surface area (Å²) in [4.78, 5) is 27.7. The minimum atomic E-state index is -4.21. The largest absolute Gasteiger partial charge is 0.495 e. The number of hydrogen-bond donors (Lipinski definition) is 4. The van der Waals surface area contributed by atoms with Crippen molar-refractivity contribution in [1.82, 2.24) is 9.71 Å². The first-order chi connectivity index (χ1) is 18.7. The lowest BCUT2D eigenvalue weighted by atomic mass is 10.0. The SMILES string of the molecule is COc1ccc(-c2cccc(NC(=O)Nc3cccnc3)c2)cc1S(=O)(=O)N[C@H](CC(=O)O)c1ccccc1. The van der Waals surface area contributed by atoms with Gasteiger partial charge in [-0.3, -0.25) is 9.78 Å². The average molecular weight is 547 g/mol. The summed E-state index contributed by atoms with van der Waals surface area (Å²) in [6.07, 6.45) is 2.67. The van der Waals surface area contributed by atoms with Crippen LogP contribution in [0.2, 0.25) is 0 Å². The van der Waals surface area contributed by atoms with Crippen LogP contribution in [0, 0.1) is 0 Å². The second kappa shape index (κ2) is 12.2. The Bertz CT molecular complexity index is 1560. The van der Waals surface area contributed by atoms with Gasteiger partial charge in [0, 0.05) is 11.9 Å². The van der Waals surface area contributed by atoms with Crippen molar-refractivity contribution in [1.29, 1.82) is 0 Å². The zero-order valence-corrected chi connectivity index (χ0v) is 21.7. The van der Waals surface area contributed by atoms with Gasteiger partial charge in [0.25, 0.3) is 0 Å². The van der Waals surface area contributed by atoms with Gasteiger partial charge in [0.15, 0.2) is 0 Å². The fourth-order valence-corrected chi connectivity index (χ4v) is 5.33. The van der Waals surface area contributed by atoms with Gasteiger partial charge < -0.3 is 20.5 Å². The molecule has 0 aliphatic heterocycles. The van der Waals surface area contributed by atoms with E-state index < -0.39 is 34.5 Å². The van der Waals surface area contributed by atoms with Crippen molar-refractivity contribution in [2.24, 2.45) is 0 Å². The number of aliphatic carboxylic acids is 1. The maximum absolute atomic E-state index is 13.5. The molecular formula is C28H26N4O6S. The third-order valence-corrected chi connectivity index (χ3v) is 7.20. The Morgan fingerprint density at radius 1 is 0.897 bits per heavy atom. The summed E-state index contributed by atoms with van der Waals surface area (Å²) >= 11 is 0. The second-order valence-electron chi connectivity index (χ2n) is 8.45. The number of carbonyl (C=O) groups excluding carboxylic acids is 1. The molecule has 11 heteroatoms. The van der Waals surface area contributed by atoms with E-state index in [9.17, 15) is 23.1 Å². The van der Waals surface area contributed by atoms with Crippen LogP contribution >= 0.6 is 0 Å². The molecule has 0 saturated carbocycles. The highest BCUT2D eigenvalue weighted by Crippen LogP contribution is 2.32. The van der Waals surface area contributed by atoms with Gasteiger partial charge in [0.05, 0.1) is 31.5 Å². The van der Waals surface area contributed by atoms with Gasteiger partial charge in [-0.15, -0.1) is 0 Å². The van der Waals surface area contributed by atoms with E-state index in [2.05, 4.69) is 20.3 Å². The van der Waals surface area contributed by atoms with Gasteiger partial charge in [-0.05, 0) is 53.1 Å². The van der Waals surface area contributed by atoms with Crippen LogP contribution in [0.25, 0.3) is 11.1 Å². The third-order valence-electron chi connectivity index (χ3n) is 5.70. The number of sulfonamides is 1. The number of amides is 2. The van der Waals surface area contributed by atoms with Gasteiger partial charge in [-0.25, -0.2) is 17.9 Å². The molecule has 4 aromatic rings. The number of carbonyl (C=O) groups is 2. The van der Waals surface area contributed by atoms with Crippen LogP contribution < -0.4 is 20.1 Å². The average Bonchev–Trinajstić information content (AvgIpc) is 2.93. The zero-order valence-electron chi connectivity index (χ0n) is 20.9. The van der Waals surface area contributed by atoms with Crippen LogP contribution in [0.15, 0.2) is 102 Å². The number of methoxy groups -OCH3 is 1. The van der Waals surface area contributed by atoms with Crippen molar-refractivity contribution >= 4 is 33.4 Å². The summed E-state index contributed by atoms with van der Waals surface area (Å²) in [5, 5.41) is 14.8. The third kappa shape index (κ3) is 7.18. The molecule has 39 heavy (non-hydrogen) atoms. The molecule has 0 bridgehead atoms. The molecular weight excluding hydrogens is 520 g/mol. The normalized spacial score (nSPS) is 11.8. The van der Waals surface area contributed by atoms with E-state index in [-0.39, 0.29) is 10.6 Å². The predicted molar refractivity (Wildman–Crippen MR) is 147 cm³/mol. The van der Waals surface area contributed by atoms with Crippen molar-refractivity contribution in [3.63, 3.8) is 0 Å². The lowest BCUT2D eigenvalue weighted by molar-refractivity contribution is -0.137. The quantitative estimate of drug-likeness (QED) is 0.221. The Labute approximate surface area is 225 Å². The Balaban J connectivity index is 1.61. The van der Waals surface area contributed by atoms with E-state index >= 15 is 0 Å². The Kier molecular flexibility index (Phi) is 8.54. The molecule has 1 heterocycles. The summed E-state index contributed by atoms with van der Waals surface area (Å²) in [7, 11) is -2.86. The summed E-state index contributed by atoms with van der Waals surface area (Å²) in [5.74, 6) is -1.05. The number of hydrogen-bond acceptors (Lipinski definition) is 6. The molecule has 0 radical (unpaired) electrons. The number of benzene rings is 3. The van der Waals surface area contributed by atoms with Gasteiger partial charge >= 0.3 is 12.0 Å². The summed E-state index contributed by atoms with van der Waals surface area (Å²) in [5.41, 5.74) is 2.71. The number of urea groups is 1. The zero-order chi connectivity index (χ0) is 27.8. The monoisotopic (exact) mass is 546 g/mol. The highest BCUT2D eigenvalue weighted by Gasteiger charge is 2.27. The lowest BCUT2D eigenvalue weighted by Gasteiger charge is -2.19. The Hall–Kier alpha value is -4.74. The predicted octanol–water partition coefficient (Wildman–Crippen LogP) is 4.90. The lowest BCUT2D eigenvalue weighted by Crippen LogP contribution is -2.30. The van der Waals surface area contributed by atoms with Crippen molar-refractivity contribution in [3.8, 4) is 16.9 Å². The smallest absolute Gasteiger partial charge is 0.323 e. The van der Waals surface area contributed by atoms with E-state index in [0.29, 0.717) is 28.1 Å². The van der Waals surface area contributed by atoms with Crippen molar-refractivity contribution in [2.75, 3.05) is 17.7 Å². The number of carboxylic acids is 1. The van der Waals surface area contributed by atoms with Gasteiger partial charge in [-0.2, -0.15) is 0 Å². The molecule has 0 aliphatic carbocycles. The van der Waals surface area contributed by atoms with E-state index in [1.807, 2.05) is 0 Å². The van der Waals surface area contributed by atoms with Crippen LogP contribution in [0.5, 0.6) is 5.75 Å². The Morgan fingerprint density at radius 2 is 1.62 bits per heavy atom. The van der Waals surface area contributed by atoms with Crippen molar-refractivity contribution < 1.29 is 27.9 Å². The molecule has 1 aromatic heterocycles. The molecule has 10 nitrogen and oxygen atoms in total. The van der Waals surface area contributed by atoms with Gasteiger partial charge in [-0.1, -0.05) is 48.5 Å². The van der Waals surface area contributed by atoms with E-state index in [1.54, 1.807) is 79.0 Å². The van der Waals surface area contributed by atoms with Gasteiger partial charge in [0.1, 0.15) is 10.6 Å². The first kappa shape index (κ1) is 27.3. The number of aromatic nitrogens is 1. The number of carboxylic acid groups (broad SMARTS) is 1. The number of rotatable bonds is 10. The molecule has 4 rings (SSSR count). The van der Waals surface area contributed by atoms with Crippen molar-refractivity contribution in [3.05, 3.63) is 103 Å². The minimum absolute atomic E-state index is 0.0958. The second-order valence-corrected chi connectivity index (χ2v) is 10.1. The van der Waals surface area contributed by atoms with E-state index in [4.69, 9.17) is 4.74 Å². The maximum Gasteiger partial charge on any atom is 0.323 e. The van der Waals surface area contributed by atoms with Crippen molar-refractivity contribution in [2.45, 2.75) is 17.4 Å². The summed E-state index contributed by atoms with van der Waals surface area (Å²) < 4.78 is 34.8. The topological polar surface area (TPSA) is 147 Å². The van der Waals surface area contributed by atoms with E-state index in [0.717, 1.165) is 0 Å². The van der Waals surface area contributed by atoms with Crippen LogP contribution in [0.3, 0.4) is 0 Å². The Morgan fingerprint density at radius 3 is 2.31 bits per heavy atom. The first-order valence-electron chi connectivity index (χ1n) is 11.8. The number of pyridine rings is 1. The minimum Gasteiger partial charge on any atom is -0.495 e. The standard InChI is InChI=1S/C28H26N4O6S/c1-38-25-13-12-21(20-9-5-10-22(15-20)30-28(35)31-23-11-6-14-29-18-23)16-26(25)39(36,37)32-24(17-27(33)34)19-7-3-2-4-8-19/h2-16,18,24,32H,17H2,1H3,(H,33,34)(H2,30,31,35)/t24-/m1/s1. The molecule has 0 unspecified atom stereocenters. The van der Waals surface area contributed by atoms with Crippen LogP contribution in [-0.4, -0.2) is 37.6 Å². The summed E-state index contributed by atoms with van der Waals surface area (Å²) in [6, 6.07) is 22.0.